The van der Waals surface area contributed by atoms with E-state index in [1.165, 1.54) is 18.3 Å². The van der Waals surface area contributed by atoms with Crippen molar-refractivity contribution < 1.29 is 14.6 Å². The zero-order chi connectivity index (χ0) is 13.1. The van der Waals surface area contributed by atoms with Crippen LogP contribution in [0.5, 0.6) is 0 Å². The summed E-state index contributed by atoms with van der Waals surface area (Å²) in [6, 6.07) is 5.95. The molecule has 1 aromatic carbocycles. The van der Waals surface area contributed by atoms with Crippen molar-refractivity contribution in [1.29, 1.82) is 0 Å². The molecule has 0 aliphatic rings. The Bertz CT molecular complexity index is 532. The first-order valence-electron chi connectivity index (χ1n) is 5.34. The number of aromatic amines is 1. The topological polar surface area (TPSA) is 69.1 Å². The molecule has 96 valence electrons. The molecule has 0 saturated carbocycles. The minimum atomic E-state index is -1.08. The highest BCUT2D eigenvalue weighted by Crippen LogP contribution is 2.28. The van der Waals surface area contributed by atoms with Crippen LogP contribution in [0.2, 0.25) is 0 Å². The van der Waals surface area contributed by atoms with Gasteiger partial charge in [-0.05, 0) is 12.1 Å². The molecular weight excluding hydrogens is 303 g/mol. The largest absolute Gasteiger partial charge is 0.389 e. The van der Waals surface area contributed by atoms with E-state index >= 15 is 0 Å². The molecule has 0 aliphatic carbocycles. The van der Waals surface area contributed by atoms with Crippen LogP contribution in [0.4, 0.5) is 4.39 Å². The van der Waals surface area contributed by atoms with Gasteiger partial charge in [0.15, 0.2) is 0 Å². The van der Waals surface area contributed by atoms with E-state index in [2.05, 4.69) is 26.1 Å². The monoisotopic (exact) mass is 314 g/mol. The van der Waals surface area contributed by atoms with Crippen LogP contribution < -0.4 is 0 Å². The highest BCUT2D eigenvalue weighted by Gasteiger charge is 2.22. The average molecular weight is 315 g/mol. The maximum Gasteiger partial charge on any atom is 0.123 e. The molecule has 0 saturated heterocycles. The first-order chi connectivity index (χ1) is 8.63. The minimum Gasteiger partial charge on any atom is -0.389 e. The van der Waals surface area contributed by atoms with Gasteiger partial charge in [-0.3, -0.25) is 5.10 Å². The van der Waals surface area contributed by atoms with Crippen LogP contribution in [-0.4, -0.2) is 31.8 Å². The predicted octanol–water partition coefficient (Wildman–Crippen LogP) is 2.00. The molecule has 1 heterocycles. The van der Waals surface area contributed by atoms with Crippen LogP contribution in [0.15, 0.2) is 30.5 Å². The van der Waals surface area contributed by atoms with Gasteiger partial charge in [-0.15, -0.1) is 0 Å². The van der Waals surface area contributed by atoms with E-state index in [0.29, 0.717) is 16.8 Å². The fraction of sp³-hybridized carbons (Fsp3) is 0.250. The van der Waals surface area contributed by atoms with Crippen LogP contribution in [0, 0.1) is 5.82 Å². The van der Waals surface area contributed by atoms with Gasteiger partial charge in [0.1, 0.15) is 11.9 Å². The summed E-state index contributed by atoms with van der Waals surface area (Å²) in [6.07, 6.45) is -0.604. The first kappa shape index (κ1) is 13.2. The number of rotatable bonds is 4. The number of aliphatic hydroxyl groups is 2. The molecule has 3 N–H and O–H groups in total. The van der Waals surface area contributed by atoms with Gasteiger partial charge in [0.2, 0.25) is 0 Å². The van der Waals surface area contributed by atoms with Gasteiger partial charge in [0.05, 0.1) is 18.0 Å². The van der Waals surface area contributed by atoms with Crippen molar-refractivity contribution in [2.75, 3.05) is 5.33 Å². The van der Waals surface area contributed by atoms with Crippen molar-refractivity contribution >= 4 is 15.9 Å². The number of halogens is 2. The smallest absolute Gasteiger partial charge is 0.123 e. The summed E-state index contributed by atoms with van der Waals surface area (Å²) >= 11 is 3.09. The zero-order valence-corrected chi connectivity index (χ0v) is 10.9. The molecule has 0 bridgehead atoms. The summed E-state index contributed by atoms with van der Waals surface area (Å²) in [7, 11) is 0. The summed E-state index contributed by atoms with van der Waals surface area (Å²) in [4.78, 5) is 0. The maximum atomic E-state index is 13.2. The number of nitrogens with one attached hydrogen (secondary N) is 1. The number of hydrogen-bond acceptors (Lipinski definition) is 3. The first-order valence-corrected chi connectivity index (χ1v) is 6.47. The summed E-state index contributed by atoms with van der Waals surface area (Å²) in [6.45, 7) is 0. The van der Waals surface area contributed by atoms with Crippen LogP contribution >= 0.6 is 15.9 Å². The Morgan fingerprint density at radius 1 is 1.39 bits per heavy atom. The quantitative estimate of drug-likeness (QED) is 0.756. The van der Waals surface area contributed by atoms with Crippen molar-refractivity contribution in [2.24, 2.45) is 0 Å². The number of H-pyrrole nitrogens is 1. The number of nitrogens with zero attached hydrogens (tertiary/aromatic N) is 1. The summed E-state index contributed by atoms with van der Waals surface area (Å²) in [5.74, 6) is -0.372. The lowest BCUT2D eigenvalue weighted by Gasteiger charge is -2.15. The van der Waals surface area contributed by atoms with Gasteiger partial charge in [0, 0.05) is 16.5 Å². The van der Waals surface area contributed by atoms with Gasteiger partial charge in [0.25, 0.3) is 0 Å². The van der Waals surface area contributed by atoms with E-state index in [4.69, 9.17) is 0 Å². The van der Waals surface area contributed by atoms with Gasteiger partial charge >= 0.3 is 0 Å². The number of alkyl halides is 1. The van der Waals surface area contributed by atoms with Crippen LogP contribution in [0.25, 0.3) is 11.3 Å². The number of aromatic nitrogens is 2. The average Bonchev–Trinajstić information content (AvgIpc) is 2.86. The van der Waals surface area contributed by atoms with Crippen molar-refractivity contribution in [1.82, 2.24) is 10.2 Å². The predicted molar refractivity (Wildman–Crippen MR) is 68.7 cm³/mol. The molecule has 0 aliphatic heterocycles. The molecule has 1 aromatic heterocycles. The van der Waals surface area contributed by atoms with Crippen molar-refractivity contribution in [3.63, 3.8) is 0 Å². The summed E-state index contributed by atoms with van der Waals surface area (Å²) in [5, 5.41) is 26.3. The Balaban J connectivity index is 2.39. The van der Waals surface area contributed by atoms with Gasteiger partial charge in [-0.2, -0.15) is 5.10 Å². The third-order valence-corrected chi connectivity index (χ3v) is 3.29. The molecule has 0 fully saturated rings. The second-order valence-electron chi connectivity index (χ2n) is 3.88. The number of hydrogen-bond donors (Lipinski definition) is 3. The Morgan fingerprint density at radius 2 is 2.17 bits per heavy atom. The summed E-state index contributed by atoms with van der Waals surface area (Å²) in [5.41, 5.74) is 1.51. The fourth-order valence-electron chi connectivity index (χ4n) is 1.69. The molecule has 18 heavy (non-hydrogen) atoms. The van der Waals surface area contributed by atoms with Gasteiger partial charge in [-0.25, -0.2) is 4.39 Å². The molecule has 2 unspecified atom stereocenters. The van der Waals surface area contributed by atoms with E-state index in [0.717, 1.165) is 0 Å². The Morgan fingerprint density at radius 3 is 2.83 bits per heavy atom. The standard InChI is InChI=1S/C12H12BrFN2O2/c13-5-10(17)12(18)9-6-15-16-11(9)7-2-1-3-8(14)4-7/h1-4,6,10,12,17-18H,5H2,(H,15,16). The summed E-state index contributed by atoms with van der Waals surface area (Å²) < 4.78 is 13.2. The zero-order valence-electron chi connectivity index (χ0n) is 9.35. The molecule has 0 radical (unpaired) electrons. The molecule has 2 rings (SSSR count). The third-order valence-electron chi connectivity index (χ3n) is 2.62. The van der Waals surface area contributed by atoms with E-state index in [1.54, 1.807) is 12.1 Å². The maximum absolute atomic E-state index is 13.2. The highest BCUT2D eigenvalue weighted by molar-refractivity contribution is 9.09. The molecule has 6 heteroatoms. The third kappa shape index (κ3) is 2.60. The van der Waals surface area contributed by atoms with E-state index in [9.17, 15) is 14.6 Å². The fourth-order valence-corrected chi connectivity index (χ4v) is 2.04. The lowest BCUT2D eigenvalue weighted by Crippen LogP contribution is -2.19. The van der Waals surface area contributed by atoms with Crippen molar-refractivity contribution in [3.8, 4) is 11.3 Å². The Kier molecular flexibility index (Phi) is 4.11. The lowest BCUT2D eigenvalue weighted by atomic mass is 10.0. The van der Waals surface area contributed by atoms with Crippen molar-refractivity contribution in [2.45, 2.75) is 12.2 Å². The van der Waals surface area contributed by atoms with E-state index in [1.807, 2.05) is 0 Å². The van der Waals surface area contributed by atoms with Crippen LogP contribution in [0.1, 0.15) is 11.7 Å². The Labute approximate surface area is 112 Å². The Hall–Kier alpha value is -1.24. The normalized spacial score (nSPS) is 14.4. The van der Waals surface area contributed by atoms with Crippen LogP contribution in [0.3, 0.4) is 0 Å². The molecule has 4 nitrogen and oxygen atoms in total. The lowest BCUT2D eigenvalue weighted by molar-refractivity contribution is 0.0346. The second-order valence-corrected chi connectivity index (χ2v) is 4.52. The molecular formula is C12H12BrFN2O2. The number of aliphatic hydroxyl groups excluding tert-OH is 2. The van der Waals surface area contributed by atoms with Gasteiger partial charge < -0.3 is 10.2 Å². The SMILES string of the molecule is OC(CBr)C(O)c1cn[nH]c1-c1cccc(F)c1. The van der Waals surface area contributed by atoms with Crippen LogP contribution in [-0.2, 0) is 0 Å². The molecule has 0 spiro atoms. The molecule has 2 atom stereocenters. The molecule has 2 aromatic rings. The second kappa shape index (κ2) is 5.60. The highest BCUT2D eigenvalue weighted by atomic mass is 79.9. The van der Waals surface area contributed by atoms with Gasteiger partial charge in [-0.1, -0.05) is 28.1 Å². The van der Waals surface area contributed by atoms with Crippen molar-refractivity contribution in [3.05, 3.63) is 41.8 Å². The molecule has 0 amide bonds. The minimum absolute atomic E-state index is 0.238. The van der Waals surface area contributed by atoms with E-state index < -0.39 is 12.2 Å². The number of benzene rings is 1. The van der Waals surface area contributed by atoms with E-state index in [-0.39, 0.29) is 11.1 Å².